The highest BCUT2D eigenvalue weighted by atomic mass is 28.4. The quantitative estimate of drug-likeness (QED) is 0.109. The Kier molecular flexibility index (Phi) is 11.3. The monoisotopic (exact) mass is 640 g/mol. The van der Waals surface area contributed by atoms with Crippen molar-refractivity contribution in [3.63, 3.8) is 0 Å². The minimum Gasteiger partial charge on any atom is -0.399 e. The minimum absolute atomic E-state index is 0.108. The van der Waals surface area contributed by atoms with Gasteiger partial charge >= 0.3 is 0 Å². The molecule has 0 radical (unpaired) electrons. The Labute approximate surface area is 275 Å². The molecule has 0 spiro atoms. The van der Waals surface area contributed by atoms with Gasteiger partial charge in [0.2, 0.25) is 0 Å². The van der Waals surface area contributed by atoms with E-state index in [1.165, 1.54) is 10.4 Å². The molecule has 0 bridgehead atoms. The number of rotatable bonds is 14. The van der Waals surface area contributed by atoms with Crippen molar-refractivity contribution in [1.82, 2.24) is 0 Å². The van der Waals surface area contributed by atoms with Gasteiger partial charge in [0.25, 0.3) is 8.32 Å². The van der Waals surface area contributed by atoms with E-state index in [9.17, 15) is 0 Å². The van der Waals surface area contributed by atoms with Crippen LogP contribution in [0.25, 0.3) is 0 Å². The molecule has 7 heteroatoms. The second-order valence-corrected chi connectivity index (χ2v) is 17.5. The molecule has 0 saturated carbocycles. The topological polar surface area (TPSA) is 55.4 Å². The van der Waals surface area contributed by atoms with E-state index in [0.717, 1.165) is 11.1 Å². The van der Waals surface area contributed by atoms with Gasteiger partial charge in [-0.2, -0.15) is 0 Å². The van der Waals surface area contributed by atoms with Gasteiger partial charge in [-0.3, -0.25) is 0 Å². The lowest BCUT2D eigenvalue weighted by molar-refractivity contribution is -0.172. The maximum Gasteiger partial charge on any atom is 0.261 e. The molecule has 5 rings (SSSR count). The molecule has 4 aromatic rings. The molecule has 4 atom stereocenters. The van der Waals surface area contributed by atoms with Gasteiger partial charge in [-0.05, 0) is 40.4 Å². The van der Waals surface area contributed by atoms with Gasteiger partial charge in [-0.25, -0.2) is 0 Å². The zero-order chi connectivity index (χ0) is 32.6. The highest BCUT2D eigenvalue weighted by Crippen LogP contribution is 2.43. The Morgan fingerprint density at radius 2 is 1.22 bits per heavy atom. The summed E-state index contributed by atoms with van der Waals surface area (Å²) < 4.78 is 39.5. The predicted molar refractivity (Wildman–Crippen MR) is 185 cm³/mol. The van der Waals surface area contributed by atoms with Crippen LogP contribution in [0.4, 0.5) is 0 Å². The van der Waals surface area contributed by atoms with Crippen LogP contribution in [0.2, 0.25) is 5.04 Å². The van der Waals surface area contributed by atoms with E-state index in [-0.39, 0.29) is 11.8 Å². The molecule has 0 aromatic heterocycles. The summed E-state index contributed by atoms with van der Waals surface area (Å²) in [6.07, 6.45) is -1.99. The fourth-order valence-corrected chi connectivity index (χ4v) is 11.2. The van der Waals surface area contributed by atoms with Crippen molar-refractivity contribution in [2.45, 2.75) is 76.5 Å². The molecule has 1 saturated heterocycles. The van der Waals surface area contributed by atoms with Crippen LogP contribution in [0.1, 0.15) is 51.8 Å². The molecule has 6 nitrogen and oxygen atoms in total. The number of hydrogen-bond donors (Lipinski definition) is 0. The molecule has 1 fully saturated rings. The van der Waals surface area contributed by atoms with Crippen molar-refractivity contribution in [3.8, 4) is 0 Å². The number of benzene rings is 4. The third kappa shape index (κ3) is 7.86. The molecule has 1 aliphatic heterocycles. The third-order valence-electron chi connectivity index (χ3n) is 8.46. The van der Waals surface area contributed by atoms with Crippen molar-refractivity contribution in [1.29, 1.82) is 0 Å². The van der Waals surface area contributed by atoms with Crippen LogP contribution in [0.15, 0.2) is 121 Å². The summed E-state index contributed by atoms with van der Waals surface area (Å²) in [4.78, 5) is 0. The van der Waals surface area contributed by atoms with Gasteiger partial charge in [0.15, 0.2) is 5.79 Å². The Balaban J connectivity index is 1.62. The first kappa shape index (κ1) is 34.2. The van der Waals surface area contributed by atoms with Crippen LogP contribution in [0, 0.1) is 0 Å². The zero-order valence-corrected chi connectivity index (χ0v) is 28.9. The van der Waals surface area contributed by atoms with Crippen LogP contribution in [-0.4, -0.2) is 52.9 Å². The summed E-state index contributed by atoms with van der Waals surface area (Å²) in [6, 6.07) is 41.6. The largest absolute Gasteiger partial charge is 0.399 e. The summed E-state index contributed by atoms with van der Waals surface area (Å²) in [5, 5.41) is 2.13. The fourth-order valence-electron chi connectivity index (χ4n) is 6.49. The van der Waals surface area contributed by atoms with Crippen molar-refractivity contribution < 1.29 is 28.1 Å². The predicted octanol–water partition coefficient (Wildman–Crippen LogP) is 7.03. The van der Waals surface area contributed by atoms with Gasteiger partial charge in [-0.1, -0.05) is 142 Å². The number of methoxy groups -OCH3 is 1. The van der Waals surface area contributed by atoms with Crippen LogP contribution in [0.3, 0.4) is 0 Å². The Morgan fingerprint density at radius 3 is 1.74 bits per heavy atom. The second-order valence-electron chi connectivity index (χ2n) is 13.3. The number of ether oxygens (including phenoxy) is 5. The first-order valence-corrected chi connectivity index (χ1v) is 18.0. The molecule has 244 valence electrons. The minimum atomic E-state index is -3.01. The zero-order valence-electron chi connectivity index (χ0n) is 27.9. The van der Waals surface area contributed by atoms with Crippen LogP contribution >= 0.6 is 0 Å². The van der Waals surface area contributed by atoms with Crippen molar-refractivity contribution in [3.05, 3.63) is 132 Å². The molecule has 46 heavy (non-hydrogen) atoms. The summed E-state index contributed by atoms with van der Waals surface area (Å²) in [7, 11) is -1.38. The number of hydrogen-bond acceptors (Lipinski definition) is 6. The Hall–Kier alpha value is -3.14. The van der Waals surface area contributed by atoms with Crippen LogP contribution in [-0.2, 0) is 34.7 Å². The summed E-state index contributed by atoms with van der Waals surface area (Å²) in [6.45, 7) is 11.6. The van der Waals surface area contributed by atoms with Crippen molar-refractivity contribution in [2.75, 3.05) is 20.5 Å². The first-order chi connectivity index (χ1) is 22.1. The lowest BCUT2D eigenvalue weighted by Gasteiger charge is -2.46. The lowest BCUT2D eigenvalue weighted by atomic mass is 9.97. The lowest BCUT2D eigenvalue weighted by Crippen LogP contribution is -2.69. The SMILES string of the molecule is COCO[C@H](c1ccccc1)[C@H]1OC(C)(C)O[C@@H]1[C@H](COCc1ccccc1)O[Si](c1ccccc1)(c1ccccc1)C(C)(C)C. The molecular weight excluding hydrogens is 593 g/mol. The van der Waals surface area contributed by atoms with Gasteiger partial charge in [0.05, 0.1) is 19.3 Å². The standard InChI is InChI=1S/C39H48O6Si/c1-38(2,3)46(32-23-15-9-16-24-32,33-25-17-10-18-26-33)45-34(28-41-27-30-19-11-7-12-20-30)36-37(44-39(4,5)43-36)35(42-29-40-6)31-21-13-8-14-22-31/h7-26,34-37H,27-29H2,1-6H3/t34-,35+,36+,37+/m0/s1. The van der Waals surface area contributed by atoms with Crippen LogP contribution < -0.4 is 10.4 Å². The Morgan fingerprint density at radius 1 is 0.717 bits per heavy atom. The molecule has 0 N–H and O–H groups in total. The maximum absolute atomic E-state index is 7.73. The van der Waals surface area contributed by atoms with Gasteiger partial charge in [0.1, 0.15) is 25.1 Å². The van der Waals surface area contributed by atoms with E-state index in [1.807, 2.05) is 50.2 Å². The summed E-state index contributed by atoms with van der Waals surface area (Å²) in [5.74, 6) is -0.884. The molecule has 0 unspecified atom stereocenters. The smallest absolute Gasteiger partial charge is 0.261 e. The van der Waals surface area contributed by atoms with Gasteiger partial charge in [0, 0.05) is 7.11 Å². The van der Waals surface area contributed by atoms with E-state index in [2.05, 4.69) is 106 Å². The van der Waals surface area contributed by atoms with Crippen molar-refractivity contribution >= 4 is 18.7 Å². The van der Waals surface area contributed by atoms with Gasteiger partial charge < -0.3 is 28.1 Å². The highest BCUT2D eigenvalue weighted by molar-refractivity contribution is 6.99. The van der Waals surface area contributed by atoms with Crippen LogP contribution in [0.5, 0.6) is 0 Å². The van der Waals surface area contributed by atoms with E-state index in [0.29, 0.717) is 13.2 Å². The van der Waals surface area contributed by atoms with E-state index < -0.39 is 38.5 Å². The first-order valence-electron chi connectivity index (χ1n) is 16.1. The molecule has 0 amide bonds. The van der Waals surface area contributed by atoms with Crippen molar-refractivity contribution in [2.24, 2.45) is 0 Å². The molecular formula is C39H48O6Si. The Bertz CT molecular complexity index is 1420. The summed E-state index contributed by atoms with van der Waals surface area (Å²) >= 11 is 0. The highest BCUT2D eigenvalue weighted by Gasteiger charge is 2.56. The maximum atomic E-state index is 7.73. The second kappa shape index (κ2) is 15.2. The molecule has 1 heterocycles. The molecule has 0 aliphatic carbocycles. The molecule has 1 aliphatic rings. The average Bonchev–Trinajstić information content (AvgIpc) is 3.38. The van der Waals surface area contributed by atoms with E-state index >= 15 is 0 Å². The third-order valence-corrected chi connectivity index (χ3v) is 13.5. The summed E-state index contributed by atoms with van der Waals surface area (Å²) in [5.41, 5.74) is 2.07. The van der Waals surface area contributed by atoms with Gasteiger partial charge in [-0.15, -0.1) is 0 Å². The molecule has 4 aromatic carbocycles. The van der Waals surface area contributed by atoms with E-state index in [4.69, 9.17) is 28.1 Å². The normalized spacial score (nSPS) is 19.5. The van der Waals surface area contributed by atoms with E-state index in [1.54, 1.807) is 7.11 Å². The average molecular weight is 641 g/mol. The fraction of sp³-hybridized carbons (Fsp3) is 0.385.